The van der Waals surface area contributed by atoms with Crippen molar-refractivity contribution in [3.63, 3.8) is 0 Å². The van der Waals surface area contributed by atoms with Crippen molar-refractivity contribution in [1.29, 1.82) is 0 Å². The lowest BCUT2D eigenvalue weighted by molar-refractivity contribution is -0.167. The Balaban J connectivity index is 2.36. The predicted molar refractivity (Wildman–Crippen MR) is 95.1 cm³/mol. The number of nitrogens with one attached hydrogen (secondary N) is 1. The number of rotatable bonds is 6. The molecule has 12 nitrogen and oxygen atoms in total. The molecule has 0 radical (unpaired) electrons. The Bertz CT molecular complexity index is 871. The molecular formula is C16H22N2O10S. The lowest BCUT2D eigenvalue weighted by Gasteiger charge is -2.48. The zero-order chi connectivity index (χ0) is 22.1. The van der Waals surface area contributed by atoms with E-state index in [9.17, 15) is 27.6 Å². The number of hydrogen-bond donors (Lipinski definition) is 2. The topological polar surface area (TPSA) is 166 Å². The summed E-state index contributed by atoms with van der Waals surface area (Å²) in [6.07, 6.45) is -2.38. The number of esters is 1. The number of carboxylic acids is 1. The third-order valence-corrected chi connectivity index (χ3v) is 5.87. The number of ether oxygens (including phenoxy) is 3. The van der Waals surface area contributed by atoms with Crippen LogP contribution in [-0.2, 0) is 38.4 Å². The zero-order valence-electron chi connectivity index (χ0n) is 16.3. The van der Waals surface area contributed by atoms with Crippen LogP contribution < -0.4 is 5.32 Å². The van der Waals surface area contributed by atoms with Crippen molar-refractivity contribution in [3.05, 3.63) is 11.3 Å². The minimum Gasteiger partial charge on any atom is -0.480 e. The molecule has 0 aliphatic carbocycles. The second-order valence-corrected chi connectivity index (χ2v) is 9.44. The van der Waals surface area contributed by atoms with E-state index in [0.29, 0.717) is 0 Å². The van der Waals surface area contributed by atoms with Gasteiger partial charge in [-0.15, -0.1) is 0 Å². The van der Waals surface area contributed by atoms with E-state index >= 15 is 0 Å². The molecular weight excluding hydrogens is 412 g/mol. The Kier molecular flexibility index (Phi) is 6.23. The SMILES string of the molecule is COC1C(=O)N2C(C(=O)OC(C)(C)C)=C(COC(=O)NCC(=O)O)CS(=O)(=O)C12. The van der Waals surface area contributed by atoms with Crippen molar-refractivity contribution in [1.82, 2.24) is 10.2 Å². The number of sulfone groups is 1. The fourth-order valence-electron chi connectivity index (χ4n) is 2.84. The maximum Gasteiger partial charge on any atom is 0.407 e. The molecule has 29 heavy (non-hydrogen) atoms. The first kappa shape index (κ1) is 22.6. The number of aliphatic carboxylic acids is 1. The van der Waals surface area contributed by atoms with Gasteiger partial charge in [-0.3, -0.25) is 14.5 Å². The molecule has 0 aromatic rings. The number of amides is 2. The van der Waals surface area contributed by atoms with E-state index in [4.69, 9.17) is 19.3 Å². The molecule has 2 rings (SSSR count). The van der Waals surface area contributed by atoms with Gasteiger partial charge < -0.3 is 24.6 Å². The number of carbonyl (C=O) groups is 4. The van der Waals surface area contributed by atoms with Gasteiger partial charge in [0.1, 0.15) is 24.4 Å². The van der Waals surface area contributed by atoms with Crippen LogP contribution in [0.5, 0.6) is 0 Å². The van der Waals surface area contributed by atoms with Gasteiger partial charge in [0, 0.05) is 12.7 Å². The molecule has 0 aromatic carbocycles. The van der Waals surface area contributed by atoms with E-state index in [0.717, 1.165) is 4.90 Å². The summed E-state index contributed by atoms with van der Waals surface area (Å²) in [4.78, 5) is 47.9. The minimum atomic E-state index is -3.94. The van der Waals surface area contributed by atoms with Gasteiger partial charge >= 0.3 is 18.0 Å². The number of hydrogen-bond acceptors (Lipinski definition) is 9. The van der Waals surface area contributed by atoms with Crippen molar-refractivity contribution in [2.24, 2.45) is 0 Å². The van der Waals surface area contributed by atoms with Gasteiger partial charge in [0.2, 0.25) is 0 Å². The van der Waals surface area contributed by atoms with Crippen molar-refractivity contribution in [2.75, 3.05) is 26.0 Å². The van der Waals surface area contributed by atoms with E-state index in [1.807, 2.05) is 5.32 Å². The van der Waals surface area contributed by atoms with Gasteiger partial charge in [0.05, 0.1) is 5.75 Å². The number of β-lactam (4-membered cyclic amide) rings is 1. The van der Waals surface area contributed by atoms with E-state index in [2.05, 4.69) is 0 Å². The monoisotopic (exact) mass is 434 g/mol. The van der Waals surface area contributed by atoms with Crippen LogP contribution in [0.3, 0.4) is 0 Å². The maximum absolute atomic E-state index is 12.7. The molecule has 0 spiro atoms. The van der Waals surface area contributed by atoms with Gasteiger partial charge in [-0.05, 0) is 20.8 Å². The molecule has 162 valence electrons. The van der Waals surface area contributed by atoms with Crippen molar-refractivity contribution >= 4 is 33.8 Å². The highest BCUT2D eigenvalue weighted by Gasteiger charge is 2.61. The summed E-state index contributed by atoms with van der Waals surface area (Å²) in [5.74, 6) is -3.67. The zero-order valence-corrected chi connectivity index (χ0v) is 17.1. The van der Waals surface area contributed by atoms with Gasteiger partial charge in [0.25, 0.3) is 5.91 Å². The summed E-state index contributed by atoms with van der Waals surface area (Å²) < 4.78 is 40.2. The van der Waals surface area contributed by atoms with Crippen LogP contribution in [0.25, 0.3) is 0 Å². The Labute approximate surface area is 166 Å². The van der Waals surface area contributed by atoms with Crippen LogP contribution in [0, 0.1) is 0 Å². The van der Waals surface area contributed by atoms with Crippen LogP contribution in [0.4, 0.5) is 4.79 Å². The number of methoxy groups -OCH3 is 1. The highest BCUT2D eigenvalue weighted by atomic mass is 32.2. The summed E-state index contributed by atoms with van der Waals surface area (Å²) in [6, 6.07) is 0. The highest BCUT2D eigenvalue weighted by Crippen LogP contribution is 2.38. The minimum absolute atomic E-state index is 0.163. The predicted octanol–water partition coefficient (Wildman–Crippen LogP) is -0.995. The molecule has 1 saturated heterocycles. The lowest BCUT2D eigenvalue weighted by atomic mass is 10.1. The highest BCUT2D eigenvalue weighted by molar-refractivity contribution is 7.92. The Morgan fingerprint density at radius 2 is 1.90 bits per heavy atom. The van der Waals surface area contributed by atoms with Crippen molar-refractivity contribution in [2.45, 2.75) is 37.9 Å². The van der Waals surface area contributed by atoms with Gasteiger partial charge in [-0.25, -0.2) is 18.0 Å². The average Bonchev–Trinajstić information content (AvgIpc) is 2.56. The molecule has 2 N–H and O–H groups in total. The van der Waals surface area contributed by atoms with E-state index in [1.54, 1.807) is 20.8 Å². The molecule has 2 amide bonds. The van der Waals surface area contributed by atoms with Gasteiger partial charge in [0.15, 0.2) is 21.3 Å². The Hall–Kier alpha value is -2.67. The molecule has 1 fully saturated rings. The third-order valence-electron chi connectivity index (χ3n) is 3.92. The lowest BCUT2D eigenvalue weighted by Crippen LogP contribution is -2.70. The van der Waals surface area contributed by atoms with Crippen LogP contribution in [-0.4, -0.2) is 85.5 Å². The van der Waals surface area contributed by atoms with Crippen LogP contribution >= 0.6 is 0 Å². The third kappa shape index (κ3) is 4.85. The molecule has 2 unspecified atom stereocenters. The molecule has 2 heterocycles. The summed E-state index contributed by atoms with van der Waals surface area (Å²) in [5, 5.41) is 9.10. The number of fused-ring (bicyclic) bond motifs is 1. The fraction of sp³-hybridized carbons (Fsp3) is 0.625. The van der Waals surface area contributed by atoms with Crippen LogP contribution in [0.2, 0.25) is 0 Å². The summed E-state index contributed by atoms with van der Waals surface area (Å²) >= 11 is 0. The first-order valence-corrected chi connectivity index (χ1v) is 10.1. The normalized spacial score (nSPS) is 23.0. The number of alkyl carbamates (subject to hydrolysis) is 1. The van der Waals surface area contributed by atoms with E-state index in [1.165, 1.54) is 7.11 Å². The van der Waals surface area contributed by atoms with Crippen LogP contribution in [0.15, 0.2) is 11.3 Å². The summed E-state index contributed by atoms with van der Waals surface area (Å²) in [7, 11) is -2.76. The van der Waals surface area contributed by atoms with Gasteiger partial charge in [-0.1, -0.05) is 0 Å². The molecule has 0 saturated carbocycles. The van der Waals surface area contributed by atoms with Crippen molar-refractivity contribution < 1.29 is 46.9 Å². The Morgan fingerprint density at radius 3 is 2.41 bits per heavy atom. The quantitative estimate of drug-likeness (QED) is 0.391. The average molecular weight is 434 g/mol. The standard InChI is InChI=1S/C16H22N2O10S/c1-16(2,3)28-14(22)10-8(6-27-15(23)17-5-9(19)20)7-29(24,25)13-11(26-4)12(21)18(10)13/h11,13H,5-7H2,1-4H3,(H,17,23)(H,19,20). The molecule has 2 aliphatic heterocycles. The van der Waals surface area contributed by atoms with Crippen LogP contribution in [0.1, 0.15) is 20.8 Å². The van der Waals surface area contributed by atoms with E-state index < -0.39 is 69.8 Å². The summed E-state index contributed by atoms with van der Waals surface area (Å²) in [5.41, 5.74) is -1.43. The number of carbonyl (C=O) groups excluding carboxylic acids is 3. The second-order valence-electron chi connectivity index (χ2n) is 7.34. The maximum atomic E-state index is 12.7. The molecule has 0 aromatic heterocycles. The summed E-state index contributed by atoms with van der Waals surface area (Å²) in [6.45, 7) is 3.40. The first-order valence-electron chi connectivity index (χ1n) is 8.43. The molecule has 13 heteroatoms. The second kappa shape index (κ2) is 7.99. The smallest absolute Gasteiger partial charge is 0.407 e. The largest absolute Gasteiger partial charge is 0.480 e. The number of nitrogens with zero attached hydrogens (tertiary/aromatic N) is 1. The van der Waals surface area contributed by atoms with E-state index in [-0.39, 0.29) is 11.3 Å². The molecule has 0 bridgehead atoms. The van der Waals surface area contributed by atoms with Crippen molar-refractivity contribution in [3.8, 4) is 0 Å². The molecule has 2 atom stereocenters. The molecule has 2 aliphatic rings. The number of carboxylic acid groups (broad SMARTS) is 1. The fourth-order valence-corrected chi connectivity index (χ4v) is 4.85. The first-order chi connectivity index (χ1) is 13.3. The Morgan fingerprint density at radius 1 is 1.28 bits per heavy atom. The van der Waals surface area contributed by atoms with Gasteiger partial charge in [-0.2, -0.15) is 0 Å².